The van der Waals surface area contributed by atoms with Gasteiger partial charge in [-0.1, -0.05) is 29.5 Å². The number of nitrogens with one attached hydrogen (secondary N) is 1. The zero-order chi connectivity index (χ0) is 30.4. The first kappa shape index (κ1) is 28.8. The molecule has 0 amide bonds. The molecule has 230 valence electrons. The molecule has 8 atom stereocenters. The lowest BCUT2D eigenvalue weighted by molar-refractivity contribution is -0.0809. The van der Waals surface area contributed by atoms with Crippen LogP contribution in [0.4, 0.5) is 0 Å². The van der Waals surface area contributed by atoms with E-state index in [0.717, 1.165) is 36.0 Å². The highest BCUT2D eigenvalue weighted by Crippen LogP contribution is 2.43. The minimum atomic E-state index is -0.663. The zero-order valence-electron chi connectivity index (χ0n) is 24.7. The van der Waals surface area contributed by atoms with Crippen LogP contribution in [0, 0.1) is 18.8 Å². The zero-order valence-corrected chi connectivity index (χ0v) is 24.7. The van der Waals surface area contributed by atoms with Gasteiger partial charge in [-0.15, -0.1) is 11.7 Å². The SMILES string of the molecule is C=CC1CN2CCC1C[C@H]2[C@H](OCc1cn([C@H]2C[C@H](n3cc(C)c(=O)[nH]c3=O)O[C@@H]2CO)nn1)c1ccnc2ccccc12. The fourth-order valence-corrected chi connectivity index (χ4v) is 7.31. The summed E-state index contributed by atoms with van der Waals surface area (Å²) in [6.07, 6.45) is 8.39. The summed E-state index contributed by atoms with van der Waals surface area (Å²) in [7, 11) is 0. The standard InChI is InChI=1S/C32H37N7O5/c1-3-20-15-37-11-9-21(20)12-27(37)30(24-8-10-33-25-7-5-4-6-23(24)25)43-18-22-16-39(36-35-22)26-13-29(44-28(26)17-40)38-14-19(2)31(41)34-32(38)42/h3-8,10,14,16,20-21,26-30,40H,1,9,11-13,15,17-18H2,2H3,(H,34,41,42)/t20?,21?,26-,27-,28+,29+,30+/m0/s1. The van der Waals surface area contributed by atoms with Gasteiger partial charge in [0.1, 0.15) is 18.0 Å². The third kappa shape index (κ3) is 5.21. The number of hydrogen-bond donors (Lipinski definition) is 2. The molecule has 2 N–H and O–H groups in total. The Morgan fingerprint density at radius 1 is 1.23 bits per heavy atom. The van der Waals surface area contributed by atoms with Gasteiger partial charge in [0.05, 0.1) is 37.1 Å². The van der Waals surface area contributed by atoms with Crippen molar-refractivity contribution in [2.75, 3.05) is 19.7 Å². The van der Waals surface area contributed by atoms with Crippen LogP contribution < -0.4 is 11.2 Å². The first-order valence-corrected chi connectivity index (χ1v) is 15.2. The topological polar surface area (TPSA) is 140 Å². The van der Waals surface area contributed by atoms with Crippen molar-refractivity contribution >= 4 is 10.9 Å². The number of hydrogen-bond acceptors (Lipinski definition) is 9. The normalized spacial score (nSPS) is 28.8. The van der Waals surface area contributed by atoms with Crippen LogP contribution in [-0.4, -0.2) is 71.4 Å². The molecule has 4 aliphatic rings. The lowest BCUT2D eigenvalue weighted by Gasteiger charge is -2.51. The molecule has 0 spiro atoms. The number of aromatic nitrogens is 6. The molecule has 12 nitrogen and oxygen atoms in total. The van der Waals surface area contributed by atoms with Crippen molar-refractivity contribution in [1.29, 1.82) is 0 Å². The summed E-state index contributed by atoms with van der Waals surface area (Å²) in [6.45, 7) is 7.74. The number of aliphatic hydroxyl groups is 1. The Morgan fingerprint density at radius 2 is 2.09 bits per heavy atom. The monoisotopic (exact) mass is 599 g/mol. The van der Waals surface area contributed by atoms with Crippen molar-refractivity contribution in [3.8, 4) is 0 Å². The number of pyridine rings is 1. The number of piperidine rings is 3. The Hall–Kier alpha value is -3.97. The Labute approximate surface area is 253 Å². The van der Waals surface area contributed by atoms with Crippen LogP contribution in [0.3, 0.4) is 0 Å². The van der Waals surface area contributed by atoms with Crippen LogP contribution >= 0.6 is 0 Å². The van der Waals surface area contributed by atoms with Crippen molar-refractivity contribution in [2.24, 2.45) is 11.8 Å². The van der Waals surface area contributed by atoms with Crippen LogP contribution in [0.1, 0.15) is 54.5 Å². The molecule has 0 saturated carbocycles. The summed E-state index contributed by atoms with van der Waals surface area (Å²) in [5.41, 5.74) is 2.12. The summed E-state index contributed by atoms with van der Waals surface area (Å²) in [5.74, 6) is 1.09. The predicted molar refractivity (Wildman–Crippen MR) is 162 cm³/mol. The average Bonchev–Trinajstić information content (AvgIpc) is 3.70. The van der Waals surface area contributed by atoms with E-state index in [1.165, 1.54) is 17.2 Å². The maximum atomic E-state index is 12.5. The molecule has 2 bridgehead atoms. The number of aliphatic hydroxyl groups excluding tert-OH is 1. The molecular formula is C32H37N7O5. The van der Waals surface area contributed by atoms with Crippen molar-refractivity contribution in [2.45, 2.75) is 63.3 Å². The van der Waals surface area contributed by atoms with Crippen LogP contribution in [0.5, 0.6) is 0 Å². The fraction of sp³-hybridized carbons (Fsp3) is 0.469. The molecule has 44 heavy (non-hydrogen) atoms. The molecule has 8 rings (SSSR count). The Bertz CT molecular complexity index is 1780. The first-order valence-electron chi connectivity index (χ1n) is 15.2. The van der Waals surface area contributed by atoms with E-state index in [2.05, 4.69) is 50.0 Å². The lowest BCUT2D eigenvalue weighted by Crippen LogP contribution is -2.55. The third-order valence-corrected chi connectivity index (χ3v) is 9.64. The number of ether oxygens (including phenoxy) is 2. The molecule has 3 unspecified atom stereocenters. The highest BCUT2D eigenvalue weighted by Gasteiger charge is 2.43. The molecule has 12 heteroatoms. The summed E-state index contributed by atoms with van der Waals surface area (Å²) >= 11 is 0. The van der Waals surface area contributed by atoms with E-state index in [9.17, 15) is 14.7 Å². The Balaban J connectivity index is 1.13. The van der Waals surface area contributed by atoms with E-state index in [4.69, 9.17) is 9.47 Å². The molecule has 4 fully saturated rings. The van der Waals surface area contributed by atoms with Crippen LogP contribution in [0.25, 0.3) is 10.9 Å². The highest BCUT2D eigenvalue weighted by atomic mass is 16.5. The van der Waals surface area contributed by atoms with E-state index in [0.29, 0.717) is 29.5 Å². The Morgan fingerprint density at radius 3 is 2.89 bits per heavy atom. The number of aryl methyl sites for hydroxylation is 1. The van der Waals surface area contributed by atoms with Crippen molar-refractivity contribution in [1.82, 2.24) is 34.4 Å². The number of nitrogens with zero attached hydrogens (tertiary/aromatic N) is 6. The minimum absolute atomic E-state index is 0.193. The molecule has 7 heterocycles. The van der Waals surface area contributed by atoms with Crippen LogP contribution in [0.15, 0.2) is 71.2 Å². The number of rotatable bonds is 9. The highest BCUT2D eigenvalue weighted by molar-refractivity contribution is 5.82. The Kier molecular flexibility index (Phi) is 7.75. The number of aromatic amines is 1. The number of fused-ring (bicyclic) bond motifs is 4. The van der Waals surface area contributed by atoms with Gasteiger partial charge in [-0.05, 0) is 55.8 Å². The molecule has 0 radical (unpaired) electrons. The van der Waals surface area contributed by atoms with Gasteiger partial charge in [-0.3, -0.25) is 24.2 Å². The largest absolute Gasteiger partial charge is 0.394 e. The van der Waals surface area contributed by atoms with Crippen molar-refractivity contribution < 1.29 is 14.6 Å². The van der Waals surface area contributed by atoms with E-state index in [1.54, 1.807) is 11.6 Å². The molecule has 4 aliphatic heterocycles. The van der Waals surface area contributed by atoms with Crippen molar-refractivity contribution in [3.63, 3.8) is 0 Å². The lowest BCUT2D eigenvalue weighted by atomic mass is 9.73. The molecule has 4 aromatic rings. The number of H-pyrrole nitrogens is 1. The smallest absolute Gasteiger partial charge is 0.330 e. The van der Waals surface area contributed by atoms with Gasteiger partial charge in [-0.2, -0.15) is 0 Å². The summed E-state index contributed by atoms with van der Waals surface area (Å²) in [5, 5.41) is 20.0. The van der Waals surface area contributed by atoms with E-state index in [1.807, 2.05) is 30.6 Å². The second-order valence-corrected chi connectivity index (χ2v) is 12.2. The molecule has 3 aromatic heterocycles. The fourth-order valence-electron chi connectivity index (χ4n) is 7.31. The van der Waals surface area contributed by atoms with Crippen molar-refractivity contribution in [3.05, 3.63) is 99.2 Å². The molecule has 1 aromatic carbocycles. The average molecular weight is 600 g/mol. The van der Waals surface area contributed by atoms with E-state index >= 15 is 0 Å². The van der Waals surface area contributed by atoms with Gasteiger partial charge >= 0.3 is 5.69 Å². The predicted octanol–water partition coefficient (Wildman–Crippen LogP) is 2.66. The number of para-hydroxylation sites is 1. The second kappa shape index (κ2) is 11.8. The van der Waals surface area contributed by atoms with E-state index < -0.39 is 23.6 Å². The second-order valence-electron chi connectivity index (χ2n) is 12.2. The summed E-state index contributed by atoms with van der Waals surface area (Å²) in [6, 6.07) is 10.1. The van der Waals surface area contributed by atoms with Gasteiger partial charge < -0.3 is 14.6 Å². The van der Waals surface area contributed by atoms with Crippen LogP contribution in [0.2, 0.25) is 0 Å². The number of benzene rings is 1. The summed E-state index contributed by atoms with van der Waals surface area (Å²) in [4.78, 5) is 33.8. The molecule has 4 saturated heterocycles. The van der Waals surface area contributed by atoms with Gasteiger partial charge in [0.25, 0.3) is 5.56 Å². The van der Waals surface area contributed by atoms with Gasteiger partial charge in [0.2, 0.25) is 0 Å². The first-order chi connectivity index (χ1) is 21.4. The van der Waals surface area contributed by atoms with Gasteiger partial charge in [0, 0.05) is 42.4 Å². The quantitative estimate of drug-likeness (QED) is 0.278. The van der Waals surface area contributed by atoms with Gasteiger partial charge in [-0.25, -0.2) is 9.48 Å². The van der Waals surface area contributed by atoms with E-state index in [-0.39, 0.29) is 31.4 Å². The maximum absolute atomic E-state index is 12.5. The summed E-state index contributed by atoms with van der Waals surface area (Å²) < 4.78 is 15.8. The maximum Gasteiger partial charge on any atom is 0.330 e. The minimum Gasteiger partial charge on any atom is -0.394 e. The molecular weight excluding hydrogens is 562 g/mol. The van der Waals surface area contributed by atoms with Crippen LogP contribution in [-0.2, 0) is 16.1 Å². The molecule has 0 aliphatic carbocycles. The van der Waals surface area contributed by atoms with Gasteiger partial charge in [0.15, 0.2) is 0 Å². The third-order valence-electron chi connectivity index (χ3n) is 9.64.